The number of Topliss-reactive ketones (excluding diaryl/α,β-unsaturated/α-hetero) is 1. The molecule has 0 saturated heterocycles. The van der Waals surface area contributed by atoms with Crippen molar-refractivity contribution >= 4 is 17.4 Å². The third-order valence-corrected chi connectivity index (χ3v) is 4.04. The number of carbonyl (C=O) groups excluding carboxylic acids is 1. The molecule has 22 heavy (non-hydrogen) atoms. The summed E-state index contributed by atoms with van der Waals surface area (Å²) in [6.07, 6.45) is 1.81. The molecule has 0 heterocycles. The van der Waals surface area contributed by atoms with Gasteiger partial charge in [-0.3, -0.25) is 4.79 Å². The minimum Gasteiger partial charge on any atom is -0.299 e. The van der Waals surface area contributed by atoms with Crippen LogP contribution < -0.4 is 0 Å². The summed E-state index contributed by atoms with van der Waals surface area (Å²) in [7, 11) is 0. The molecule has 2 aromatic carbocycles. The van der Waals surface area contributed by atoms with Crippen LogP contribution in [0.2, 0.25) is 5.02 Å². The summed E-state index contributed by atoms with van der Waals surface area (Å²) in [5, 5.41) is 0.725. The second-order valence-electron chi connectivity index (χ2n) is 6.79. The number of hydrogen-bond donors (Lipinski definition) is 0. The number of rotatable bonds is 5. The van der Waals surface area contributed by atoms with Crippen molar-refractivity contribution in [3.8, 4) is 0 Å². The molecule has 0 bridgehead atoms. The van der Waals surface area contributed by atoms with E-state index in [2.05, 4.69) is 45.0 Å². The molecule has 0 spiro atoms. The minimum atomic E-state index is 0.148. The molecule has 0 aromatic heterocycles. The molecule has 0 aliphatic carbocycles. The van der Waals surface area contributed by atoms with Crippen LogP contribution in [0.15, 0.2) is 48.5 Å². The normalized spacial score (nSPS) is 11.5. The molecule has 0 radical (unpaired) electrons. The molecule has 0 aliphatic heterocycles. The highest BCUT2D eigenvalue weighted by Crippen LogP contribution is 2.22. The van der Waals surface area contributed by atoms with Gasteiger partial charge >= 0.3 is 0 Å². The Morgan fingerprint density at radius 3 is 2.27 bits per heavy atom. The number of ketones is 1. The number of aryl methyl sites for hydroxylation is 1. The van der Waals surface area contributed by atoms with Crippen LogP contribution in [0.1, 0.15) is 43.9 Å². The summed E-state index contributed by atoms with van der Waals surface area (Å²) < 4.78 is 0. The van der Waals surface area contributed by atoms with Gasteiger partial charge in [0.2, 0.25) is 0 Å². The van der Waals surface area contributed by atoms with Crippen LogP contribution in [0.3, 0.4) is 0 Å². The minimum absolute atomic E-state index is 0.148. The van der Waals surface area contributed by atoms with Crippen molar-refractivity contribution in [1.82, 2.24) is 0 Å². The molecular formula is C20H23ClO. The topological polar surface area (TPSA) is 17.1 Å². The van der Waals surface area contributed by atoms with Gasteiger partial charge in [0, 0.05) is 17.9 Å². The zero-order valence-electron chi connectivity index (χ0n) is 13.5. The lowest BCUT2D eigenvalue weighted by Crippen LogP contribution is -2.11. The average molecular weight is 315 g/mol. The van der Waals surface area contributed by atoms with Gasteiger partial charge in [0.15, 0.2) is 0 Å². The van der Waals surface area contributed by atoms with Crippen molar-refractivity contribution in [2.45, 2.75) is 45.4 Å². The van der Waals surface area contributed by atoms with Crippen molar-refractivity contribution in [1.29, 1.82) is 0 Å². The number of hydrogen-bond acceptors (Lipinski definition) is 1. The van der Waals surface area contributed by atoms with Crippen LogP contribution in [-0.4, -0.2) is 5.78 Å². The highest BCUT2D eigenvalue weighted by molar-refractivity contribution is 6.30. The first kappa shape index (κ1) is 16.8. The Morgan fingerprint density at radius 1 is 1.00 bits per heavy atom. The molecule has 116 valence electrons. The number of halogens is 1. The molecule has 0 aliphatic rings. The van der Waals surface area contributed by atoms with Crippen molar-refractivity contribution in [3.63, 3.8) is 0 Å². The van der Waals surface area contributed by atoms with Gasteiger partial charge in [0.05, 0.1) is 0 Å². The van der Waals surface area contributed by atoms with Gasteiger partial charge in [-0.05, 0) is 40.7 Å². The summed E-state index contributed by atoms with van der Waals surface area (Å²) in [6, 6.07) is 16.1. The first-order valence-corrected chi connectivity index (χ1v) is 8.08. The van der Waals surface area contributed by atoms with Gasteiger partial charge in [-0.15, -0.1) is 0 Å². The Morgan fingerprint density at radius 2 is 1.68 bits per heavy atom. The van der Waals surface area contributed by atoms with Gasteiger partial charge in [-0.2, -0.15) is 0 Å². The quantitative estimate of drug-likeness (QED) is 0.724. The number of benzene rings is 2. The Kier molecular flexibility index (Phi) is 5.42. The third-order valence-electron chi connectivity index (χ3n) is 3.80. The molecule has 0 amide bonds. The lowest BCUT2D eigenvalue weighted by Gasteiger charge is -2.19. The summed E-state index contributed by atoms with van der Waals surface area (Å²) in [6.45, 7) is 6.58. The largest absolute Gasteiger partial charge is 0.299 e. The smallest absolute Gasteiger partial charge is 0.137 e. The van der Waals surface area contributed by atoms with Crippen LogP contribution in [0, 0.1) is 0 Å². The van der Waals surface area contributed by atoms with Crippen molar-refractivity contribution in [2.24, 2.45) is 0 Å². The summed E-state index contributed by atoms with van der Waals surface area (Å²) in [4.78, 5) is 12.1. The third kappa shape index (κ3) is 4.99. The maximum Gasteiger partial charge on any atom is 0.137 e. The zero-order valence-corrected chi connectivity index (χ0v) is 14.3. The summed E-state index contributed by atoms with van der Waals surface area (Å²) in [5.74, 6) is 0.267. The Bertz CT molecular complexity index is 636. The molecule has 1 nitrogen and oxygen atoms in total. The Balaban J connectivity index is 1.89. The maximum atomic E-state index is 12.1. The van der Waals surface area contributed by atoms with Crippen molar-refractivity contribution in [2.75, 3.05) is 0 Å². The second kappa shape index (κ2) is 7.11. The molecule has 0 unspecified atom stereocenters. The van der Waals surface area contributed by atoms with Crippen molar-refractivity contribution < 1.29 is 4.79 Å². The van der Waals surface area contributed by atoms with E-state index in [4.69, 9.17) is 11.6 Å². The predicted octanol–water partition coefficient (Wildman–Crippen LogP) is 5.38. The van der Waals surface area contributed by atoms with Crippen LogP contribution in [0.5, 0.6) is 0 Å². The molecule has 0 saturated carbocycles. The molecule has 0 fully saturated rings. The fourth-order valence-corrected chi connectivity index (χ4v) is 2.63. The fraction of sp³-hybridized carbons (Fsp3) is 0.350. The SMILES string of the molecule is CC(C)(C)c1ccc(CC(=O)CCc2cccc(Cl)c2)cc1. The Labute approximate surface area is 138 Å². The van der Waals surface area contributed by atoms with Crippen LogP contribution in [0.25, 0.3) is 0 Å². The highest BCUT2D eigenvalue weighted by Gasteiger charge is 2.13. The van der Waals surface area contributed by atoms with E-state index in [1.807, 2.05) is 24.3 Å². The predicted molar refractivity (Wildman–Crippen MR) is 93.6 cm³/mol. The average Bonchev–Trinajstić information content (AvgIpc) is 2.45. The van der Waals surface area contributed by atoms with E-state index in [9.17, 15) is 4.79 Å². The van der Waals surface area contributed by atoms with Crippen LogP contribution >= 0.6 is 11.6 Å². The highest BCUT2D eigenvalue weighted by atomic mass is 35.5. The van der Waals surface area contributed by atoms with Gasteiger partial charge in [-0.1, -0.05) is 68.8 Å². The van der Waals surface area contributed by atoms with Gasteiger partial charge < -0.3 is 0 Å². The molecular weight excluding hydrogens is 292 g/mol. The summed E-state index contributed by atoms with van der Waals surface area (Å²) >= 11 is 5.96. The van der Waals surface area contributed by atoms with Gasteiger partial charge in [-0.25, -0.2) is 0 Å². The first-order valence-electron chi connectivity index (χ1n) is 7.70. The van der Waals surface area contributed by atoms with E-state index in [-0.39, 0.29) is 11.2 Å². The van der Waals surface area contributed by atoms with Crippen molar-refractivity contribution in [3.05, 3.63) is 70.2 Å². The Hall–Kier alpha value is -1.60. The standard InChI is InChI=1S/C20H23ClO/c1-20(2,3)17-10-7-16(8-11-17)14-19(22)12-9-15-5-4-6-18(21)13-15/h4-8,10-11,13H,9,12,14H2,1-3H3. The van der Waals surface area contributed by atoms with Gasteiger partial charge in [0.25, 0.3) is 0 Å². The molecule has 0 N–H and O–H groups in total. The fourth-order valence-electron chi connectivity index (χ4n) is 2.41. The zero-order chi connectivity index (χ0) is 16.2. The van der Waals surface area contributed by atoms with E-state index in [0.29, 0.717) is 12.8 Å². The van der Waals surface area contributed by atoms with Gasteiger partial charge in [0.1, 0.15) is 5.78 Å². The monoisotopic (exact) mass is 314 g/mol. The maximum absolute atomic E-state index is 12.1. The van der Waals surface area contributed by atoms with E-state index in [0.717, 1.165) is 22.6 Å². The van der Waals surface area contributed by atoms with E-state index >= 15 is 0 Å². The lowest BCUT2D eigenvalue weighted by molar-refractivity contribution is -0.118. The summed E-state index contributed by atoms with van der Waals surface area (Å²) in [5.41, 5.74) is 3.64. The van der Waals surface area contributed by atoms with Crippen LogP contribution in [-0.2, 0) is 23.1 Å². The van der Waals surface area contributed by atoms with E-state index in [1.165, 1.54) is 5.56 Å². The van der Waals surface area contributed by atoms with E-state index in [1.54, 1.807) is 0 Å². The molecule has 2 aromatic rings. The number of carbonyl (C=O) groups is 1. The second-order valence-corrected chi connectivity index (χ2v) is 7.23. The van der Waals surface area contributed by atoms with Crippen LogP contribution in [0.4, 0.5) is 0 Å². The first-order chi connectivity index (χ1) is 10.3. The molecule has 2 rings (SSSR count). The molecule has 2 heteroatoms. The van der Waals surface area contributed by atoms with E-state index < -0.39 is 0 Å². The lowest BCUT2D eigenvalue weighted by atomic mass is 9.86. The molecule has 0 atom stereocenters.